The predicted molar refractivity (Wildman–Crippen MR) is 116 cm³/mol. The van der Waals surface area contributed by atoms with Gasteiger partial charge >= 0.3 is 0 Å². The van der Waals surface area contributed by atoms with E-state index < -0.39 is 0 Å². The van der Waals surface area contributed by atoms with Crippen LogP contribution in [0.5, 0.6) is 5.75 Å². The summed E-state index contributed by atoms with van der Waals surface area (Å²) in [7, 11) is 1.75. The summed E-state index contributed by atoms with van der Waals surface area (Å²) in [6, 6.07) is 9.22. The molecule has 1 aromatic heterocycles. The molecular formula is C23H33N5O. The Kier molecular flexibility index (Phi) is 6.01. The number of fused-ring (bicyclic) bond motifs is 1. The Hall–Kier alpha value is -2.18. The summed E-state index contributed by atoms with van der Waals surface area (Å²) in [5.41, 5.74) is 3.75. The molecule has 156 valence electrons. The first kappa shape index (κ1) is 20.1. The van der Waals surface area contributed by atoms with Crippen LogP contribution in [-0.4, -0.2) is 65.6 Å². The van der Waals surface area contributed by atoms with Crippen molar-refractivity contribution in [1.29, 1.82) is 0 Å². The molecule has 29 heavy (non-hydrogen) atoms. The van der Waals surface area contributed by atoms with Crippen LogP contribution in [0, 0.1) is 0 Å². The van der Waals surface area contributed by atoms with Gasteiger partial charge in [-0.25, -0.2) is 9.97 Å². The van der Waals surface area contributed by atoms with Crippen molar-refractivity contribution in [3.05, 3.63) is 47.4 Å². The van der Waals surface area contributed by atoms with Crippen LogP contribution >= 0.6 is 0 Å². The highest BCUT2D eigenvalue weighted by molar-refractivity contribution is 5.50. The molecule has 0 aliphatic carbocycles. The lowest BCUT2D eigenvalue weighted by molar-refractivity contribution is 0.185. The van der Waals surface area contributed by atoms with Crippen LogP contribution in [0.25, 0.3) is 0 Å². The van der Waals surface area contributed by atoms with Crippen LogP contribution in [0.2, 0.25) is 0 Å². The summed E-state index contributed by atoms with van der Waals surface area (Å²) in [6.45, 7) is 13.0. The first-order chi connectivity index (χ1) is 14.1. The SMILES string of the molecule is COc1ccccc1C(C)N1CCc2c(ncnc2N2CCN(C(C)C)CC2)C1. The van der Waals surface area contributed by atoms with Gasteiger partial charge in [0.05, 0.1) is 12.8 Å². The Balaban J connectivity index is 1.50. The number of hydrogen-bond donors (Lipinski definition) is 0. The average molecular weight is 396 g/mol. The van der Waals surface area contributed by atoms with Crippen molar-refractivity contribution in [3.8, 4) is 5.75 Å². The van der Waals surface area contributed by atoms with Gasteiger partial charge in [-0.3, -0.25) is 9.80 Å². The van der Waals surface area contributed by atoms with Crippen molar-refractivity contribution in [2.45, 2.75) is 45.8 Å². The Morgan fingerprint density at radius 3 is 2.41 bits per heavy atom. The van der Waals surface area contributed by atoms with E-state index in [1.807, 2.05) is 12.1 Å². The van der Waals surface area contributed by atoms with Gasteiger partial charge in [0.2, 0.25) is 0 Å². The summed E-state index contributed by atoms with van der Waals surface area (Å²) in [4.78, 5) is 16.9. The maximum Gasteiger partial charge on any atom is 0.135 e. The van der Waals surface area contributed by atoms with Crippen LogP contribution in [0.1, 0.15) is 43.6 Å². The Morgan fingerprint density at radius 2 is 1.69 bits per heavy atom. The van der Waals surface area contributed by atoms with Crippen LogP contribution in [0.4, 0.5) is 5.82 Å². The molecule has 1 unspecified atom stereocenters. The zero-order chi connectivity index (χ0) is 20.4. The molecule has 0 saturated carbocycles. The van der Waals surface area contributed by atoms with E-state index in [2.05, 4.69) is 52.6 Å². The first-order valence-corrected chi connectivity index (χ1v) is 10.8. The standard InChI is InChI=1S/C23H33N5O/c1-17(2)26-11-13-27(14-12-26)23-20-9-10-28(15-21(20)24-16-25-23)18(3)19-7-5-6-8-22(19)29-4/h5-8,16-18H,9-15H2,1-4H3. The van der Waals surface area contributed by atoms with Gasteiger partial charge < -0.3 is 9.64 Å². The second kappa shape index (κ2) is 8.67. The molecule has 1 aromatic carbocycles. The van der Waals surface area contributed by atoms with Gasteiger partial charge in [0.15, 0.2) is 0 Å². The van der Waals surface area contributed by atoms with Gasteiger partial charge in [-0.05, 0) is 33.3 Å². The van der Waals surface area contributed by atoms with Gasteiger partial charge in [0.1, 0.15) is 17.9 Å². The molecule has 0 radical (unpaired) electrons. The van der Waals surface area contributed by atoms with E-state index in [0.29, 0.717) is 6.04 Å². The Labute approximate surface area is 174 Å². The van der Waals surface area contributed by atoms with Crippen LogP contribution < -0.4 is 9.64 Å². The van der Waals surface area contributed by atoms with Crippen molar-refractivity contribution in [1.82, 2.24) is 19.8 Å². The second-order valence-electron chi connectivity index (χ2n) is 8.38. The number of rotatable bonds is 5. The highest BCUT2D eigenvalue weighted by atomic mass is 16.5. The maximum atomic E-state index is 5.59. The number of hydrogen-bond acceptors (Lipinski definition) is 6. The van der Waals surface area contributed by atoms with Crippen molar-refractivity contribution < 1.29 is 4.74 Å². The molecule has 2 aliphatic heterocycles. The molecule has 1 saturated heterocycles. The molecule has 3 heterocycles. The summed E-state index contributed by atoms with van der Waals surface area (Å²) in [5.74, 6) is 2.11. The number of para-hydroxylation sites is 1. The summed E-state index contributed by atoms with van der Waals surface area (Å²) >= 11 is 0. The fraction of sp³-hybridized carbons (Fsp3) is 0.565. The number of piperazine rings is 1. The van der Waals surface area contributed by atoms with Crippen molar-refractivity contribution in [2.24, 2.45) is 0 Å². The lowest BCUT2D eigenvalue weighted by Gasteiger charge is -2.39. The Bertz CT molecular complexity index is 832. The van der Waals surface area contributed by atoms with Crippen LogP contribution in [0.3, 0.4) is 0 Å². The van der Waals surface area contributed by atoms with E-state index in [1.165, 1.54) is 16.8 Å². The van der Waals surface area contributed by atoms with Gasteiger partial charge in [0, 0.05) is 62.5 Å². The third kappa shape index (κ3) is 4.09. The third-order valence-electron chi connectivity index (χ3n) is 6.49. The fourth-order valence-corrected chi connectivity index (χ4v) is 4.62. The zero-order valence-corrected chi connectivity index (χ0v) is 18.1. The lowest BCUT2D eigenvalue weighted by atomic mass is 9.99. The zero-order valence-electron chi connectivity index (χ0n) is 18.1. The van der Waals surface area contributed by atoms with Crippen LogP contribution in [0.15, 0.2) is 30.6 Å². The molecule has 2 aliphatic rings. The molecule has 0 N–H and O–H groups in total. The van der Waals surface area contributed by atoms with Gasteiger partial charge in [-0.15, -0.1) is 0 Å². The molecule has 1 atom stereocenters. The molecule has 6 heteroatoms. The predicted octanol–water partition coefficient (Wildman–Crippen LogP) is 3.13. The molecule has 6 nitrogen and oxygen atoms in total. The molecule has 2 aromatic rings. The van der Waals surface area contributed by atoms with Crippen LogP contribution in [-0.2, 0) is 13.0 Å². The molecule has 0 spiro atoms. The first-order valence-electron chi connectivity index (χ1n) is 10.8. The number of ether oxygens (including phenoxy) is 1. The minimum Gasteiger partial charge on any atom is -0.496 e. The van der Waals surface area contributed by atoms with Crippen molar-refractivity contribution in [2.75, 3.05) is 44.7 Å². The van der Waals surface area contributed by atoms with Gasteiger partial charge in [-0.2, -0.15) is 0 Å². The molecular weight excluding hydrogens is 362 g/mol. The molecule has 1 fully saturated rings. The lowest BCUT2D eigenvalue weighted by Crippen LogP contribution is -2.49. The Morgan fingerprint density at radius 1 is 0.931 bits per heavy atom. The monoisotopic (exact) mass is 395 g/mol. The minimum absolute atomic E-state index is 0.285. The largest absolute Gasteiger partial charge is 0.496 e. The van der Waals surface area contributed by atoms with Crippen molar-refractivity contribution >= 4 is 5.82 Å². The van der Waals surface area contributed by atoms with Gasteiger partial charge in [0.25, 0.3) is 0 Å². The highest BCUT2D eigenvalue weighted by Crippen LogP contribution is 2.34. The molecule has 4 rings (SSSR count). The van der Waals surface area contributed by atoms with Crippen molar-refractivity contribution in [3.63, 3.8) is 0 Å². The van der Waals surface area contributed by atoms with E-state index in [1.54, 1.807) is 13.4 Å². The van der Waals surface area contributed by atoms with E-state index in [9.17, 15) is 0 Å². The number of methoxy groups -OCH3 is 1. The number of nitrogens with zero attached hydrogens (tertiary/aromatic N) is 5. The smallest absolute Gasteiger partial charge is 0.135 e. The second-order valence-corrected chi connectivity index (χ2v) is 8.38. The summed E-state index contributed by atoms with van der Waals surface area (Å²) < 4.78 is 5.59. The quantitative estimate of drug-likeness (QED) is 0.775. The van der Waals surface area contributed by atoms with E-state index in [4.69, 9.17) is 9.72 Å². The van der Waals surface area contributed by atoms with E-state index >= 15 is 0 Å². The average Bonchev–Trinajstić information content (AvgIpc) is 2.77. The minimum atomic E-state index is 0.285. The van der Waals surface area contributed by atoms with E-state index in [-0.39, 0.29) is 6.04 Å². The van der Waals surface area contributed by atoms with E-state index in [0.717, 1.165) is 57.3 Å². The summed E-state index contributed by atoms with van der Waals surface area (Å²) in [6.07, 6.45) is 2.75. The number of anilines is 1. The third-order valence-corrected chi connectivity index (χ3v) is 6.49. The number of aromatic nitrogens is 2. The molecule has 0 amide bonds. The number of benzene rings is 1. The van der Waals surface area contributed by atoms with Gasteiger partial charge in [-0.1, -0.05) is 18.2 Å². The molecule has 0 bridgehead atoms. The fourth-order valence-electron chi connectivity index (χ4n) is 4.62. The highest BCUT2D eigenvalue weighted by Gasteiger charge is 2.29. The normalized spacial score (nSPS) is 19.3. The maximum absolute atomic E-state index is 5.59. The summed E-state index contributed by atoms with van der Waals surface area (Å²) in [5, 5.41) is 0. The topological polar surface area (TPSA) is 44.7 Å².